The van der Waals surface area contributed by atoms with Crippen molar-refractivity contribution in [3.8, 4) is 0 Å². The van der Waals surface area contributed by atoms with E-state index in [1.807, 2.05) is 0 Å². The summed E-state index contributed by atoms with van der Waals surface area (Å²) in [6.45, 7) is 0. The van der Waals surface area contributed by atoms with Crippen LogP contribution in [-0.4, -0.2) is 17.9 Å². The molecule has 83 valence electrons. The molecule has 0 amide bonds. The Kier molecular flexibility index (Phi) is 4.68. The van der Waals surface area contributed by atoms with E-state index in [2.05, 4.69) is 0 Å². The molecule has 0 heterocycles. The van der Waals surface area contributed by atoms with Crippen molar-refractivity contribution in [2.24, 2.45) is 0 Å². The number of carboxylic acid groups (broad SMARTS) is 3. The minimum absolute atomic E-state index is 0. The van der Waals surface area contributed by atoms with E-state index in [-0.39, 0.29) is 17.1 Å². The summed E-state index contributed by atoms with van der Waals surface area (Å²) in [6.07, 6.45) is 0. The summed E-state index contributed by atoms with van der Waals surface area (Å²) in [5.41, 5.74) is -1.84. The van der Waals surface area contributed by atoms with E-state index in [9.17, 15) is 29.7 Å². The van der Waals surface area contributed by atoms with Crippen molar-refractivity contribution in [2.75, 3.05) is 0 Å². The molecular formula is C9H3FeO6. The second kappa shape index (κ2) is 5.29. The van der Waals surface area contributed by atoms with Crippen molar-refractivity contribution >= 4 is 17.9 Å². The second-order valence-electron chi connectivity index (χ2n) is 2.62. The predicted octanol–water partition coefficient (Wildman–Crippen LogP) is -3.23. The Morgan fingerprint density at radius 3 is 1.69 bits per heavy atom. The fourth-order valence-corrected chi connectivity index (χ4v) is 1.02. The zero-order chi connectivity index (χ0) is 11.6. The van der Waals surface area contributed by atoms with E-state index in [0.29, 0.717) is 6.07 Å². The topological polar surface area (TPSA) is 120 Å². The van der Waals surface area contributed by atoms with Crippen LogP contribution >= 0.6 is 0 Å². The van der Waals surface area contributed by atoms with Gasteiger partial charge >= 0.3 is 17.1 Å². The number of hydrogen-bond donors (Lipinski definition) is 0. The third-order valence-corrected chi connectivity index (χ3v) is 1.70. The van der Waals surface area contributed by atoms with Gasteiger partial charge in [0.05, 0.1) is 17.9 Å². The van der Waals surface area contributed by atoms with E-state index in [1.165, 1.54) is 0 Å². The molecule has 0 N–H and O–H groups in total. The van der Waals surface area contributed by atoms with Gasteiger partial charge in [-0.2, -0.15) is 0 Å². The molecule has 0 unspecified atom stereocenters. The largest absolute Gasteiger partial charge is 3.00 e. The Hall–Kier alpha value is -1.85. The quantitative estimate of drug-likeness (QED) is 0.529. The average Bonchev–Trinajstić information content (AvgIpc) is 2.16. The van der Waals surface area contributed by atoms with E-state index < -0.39 is 34.6 Å². The maximum absolute atomic E-state index is 10.5. The van der Waals surface area contributed by atoms with Gasteiger partial charge < -0.3 is 29.7 Å². The first kappa shape index (κ1) is 14.1. The van der Waals surface area contributed by atoms with Crippen LogP contribution in [0.5, 0.6) is 0 Å². The Morgan fingerprint density at radius 2 is 1.31 bits per heavy atom. The molecule has 7 heteroatoms. The molecule has 0 bridgehead atoms. The molecule has 0 fully saturated rings. The minimum atomic E-state index is -1.79. The normalized spacial score (nSPS) is 9.00. The van der Waals surface area contributed by atoms with Gasteiger partial charge in [0, 0.05) is 11.1 Å². The molecule has 0 saturated carbocycles. The molecule has 1 aromatic rings. The smallest absolute Gasteiger partial charge is 0.545 e. The van der Waals surface area contributed by atoms with Gasteiger partial charge in [-0.3, -0.25) is 0 Å². The summed E-state index contributed by atoms with van der Waals surface area (Å²) in [4.78, 5) is 31.3. The van der Waals surface area contributed by atoms with E-state index in [0.717, 1.165) is 12.1 Å². The molecule has 1 radical (unpaired) electrons. The molecule has 0 aliphatic carbocycles. The summed E-state index contributed by atoms with van der Waals surface area (Å²) in [5.74, 6) is -5.13. The molecule has 16 heavy (non-hydrogen) atoms. The van der Waals surface area contributed by atoms with E-state index in [1.54, 1.807) is 0 Å². The summed E-state index contributed by atoms with van der Waals surface area (Å²) < 4.78 is 0. The van der Waals surface area contributed by atoms with Gasteiger partial charge in [0.15, 0.2) is 0 Å². The SMILES string of the molecule is O=C([O-])c1ccc(C(=O)[O-])c(C(=O)[O-])c1.[Fe+3]. The van der Waals surface area contributed by atoms with Gasteiger partial charge in [0.2, 0.25) is 0 Å². The maximum atomic E-state index is 10.5. The minimum Gasteiger partial charge on any atom is -0.545 e. The summed E-state index contributed by atoms with van der Waals surface area (Å²) >= 11 is 0. The molecule has 1 aromatic carbocycles. The van der Waals surface area contributed by atoms with Crippen LogP contribution in [0.2, 0.25) is 0 Å². The molecule has 0 aliphatic rings. The number of hydrogen-bond acceptors (Lipinski definition) is 6. The molecule has 6 nitrogen and oxygen atoms in total. The van der Waals surface area contributed by atoms with Crippen LogP contribution < -0.4 is 15.3 Å². The fourth-order valence-electron chi connectivity index (χ4n) is 1.02. The van der Waals surface area contributed by atoms with Crippen LogP contribution in [0.15, 0.2) is 18.2 Å². The van der Waals surface area contributed by atoms with E-state index >= 15 is 0 Å². The van der Waals surface area contributed by atoms with E-state index in [4.69, 9.17) is 0 Å². The Balaban J connectivity index is 0.00000225. The van der Waals surface area contributed by atoms with Gasteiger partial charge in [-0.15, -0.1) is 0 Å². The van der Waals surface area contributed by atoms with Crippen LogP contribution in [0.25, 0.3) is 0 Å². The van der Waals surface area contributed by atoms with Crippen molar-refractivity contribution in [3.05, 3.63) is 34.9 Å². The zero-order valence-corrected chi connectivity index (χ0v) is 8.64. The van der Waals surface area contributed by atoms with Crippen LogP contribution in [0, 0.1) is 0 Å². The predicted molar refractivity (Wildman–Crippen MR) is 39.4 cm³/mol. The molecular weight excluding hydrogens is 260 g/mol. The number of aromatic carboxylic acids is 3. The van der Waals surface area contributed by atoms with Crippen molar-refractivity contribution < 1.29 is 46.8 Å². The number of rotatable bonds is 3. The molecule has 1 rings (SSSR count). The fraction of sp³-hybridized carbons (Fsp3) is 0. The zero-order valence-electron chi connectivity index (χ0n) is 7.54. The Morgan fingerprint density at radius 1 is 0.812 bits per heavy atom. The number of carbonyl (C=O) groups excluding carboxylic acids is 3. The monoisotopic (exact) mass is 263 g/mol. The number of carbonyl (C=O) groups is 3. The third kappa shape index (κ3) is 2.82. The average molecular weight is 263 g/mol. The summed E-state index contributed by atoms with van der Waals surface area (Å²) in [7, 11) is 0. The van der Waals surface area contributed by atoms with Crippen molar-refractivity contribution in [3.63, 3.8) is 0 Å². The molecule has 0 aromatic heterocycles. The molecule has 0 saturated heterocycles. The molecule has 0 aliphatic heterocycles. The first-order valence-electron chi connectivity index (χ1n) is 3.71. The van der Waals surface area contributed by atoms with Crippen LogP contribution in [0.4, 0.5) is 0 Å². The van der Waals surface area contributed by atoms with Gasteiger partial charge in [-0.05, 0) is 11.6 Å². The second-order valence-corrected chi connectivity index (χ2v) is 2.62. The van der Waals surface area contributed by atoms with Gasteiger partial charge in [-0.1, -0.05) is 12.1 Å². The number of carboxylic acids is 3. The standard InChI is InChI=1S/C9H6O6.Fe/c10-7(11)4-1-2-5(8(12)13)6(3-4)9(14)15;/h1-3H,(H,10,11)(H,12,13)(H,14,15);/q;+3/p-3. The van der Waals surface area contributed by atoms with Crippen molar-refractivity contribution in [1.82, 2.24) is 0 Å². The summed E-state index contributed by atoms with van der Waals surface area (Å²) in [6, 6.07) is 2.37. The first-order chi connectivity index (χ1) is 6.93. The maximum Gasteiger partial charge on any atom is 3.00 e. The first-order valence-corrected chi connectivity index (χ1v) is 3.71. The van der Waals surface area contributed by atoms with Gasteiger partial charge in [0.1, 0.15) is 0 Å². The third-order valence-electron chi connectivity index (χ3n) is 1.70. The Bertz CT molecular complexity index is 453. The van der Waals surface area contributed by atoms with Crippen molar-refractivity contribution in [2.45, 2.75) is 0 Å². The van der Waals surface area contributed by atoms with Crippen LogP contribution in [0.1, 0.15) is 31.1 Å². The number of benzene rings is 1. The Labute approximate surface area is 100.0 Å². The summed E-state index contributed by atoms with van der Waals surface area (Å²) in [5, 5.41) is 31.3. The molecule has 0 atom stereocenters. The van der Waals surface area contributed by atoms with Crippen molar-refractivity contribution in [1.29, 1.82) is 0 Å². The molecule has 0 spiro atoms. The van der Waals surface area contributed by atoms with Crippen LogP contribution in [0.3, 0.4) is 0 Å². The van der Waals surface area contributed by atoms with Gasteiger partial charge in [-0.25, -0.2) is 0 Å². The van der Waals surface area contributed by atoms with Crippen LogP contribution in [-0.2, 0) is 17.1 Å². The van der Waals surface area contributed by atoms with Gasteiger partial charge in [0.25, 0.3) is 0 Å².